The Morgan fingerprint density at radius 3 is 2.55 bits per heavy atom. The number of fused-ring (bicyclic) bond motifs is 1. The highest BCUT2D eigenvalue weighted by molar-refractivity contribution is 5.85. The number of anilines is 1. The van der Waals surface area contributed by atoms with E-state index in [0.29, 0.717) is 23.7 Å². The number of imidazole rings is 1. The van der Waals surface area contributed by atoms with Crippen LogP contribution in [0.25, 0.3) is 22.7 Å². The summed E-state index contributed by atoms with van der Waals surface area (Å²) in [5, 5.41) is 3.71. The average molecular weight is 452 g/mol. The molecule has 0 atom stereocenters. The minimum atomic E-state index is 0.393. The molecule has 5 heterocycles. The van der Waals surface area contributed by atoms with Crippen molar-refractivity contribution in [2.45, 2.75) is 71.5 Å². The lowest BCUT2D eigenvalue weighted by molar-refractivity contribution is 0.177. The summed E-state index contributed by atoms with van der Waals surface area (Å²) in [6.45, 7) is 13.2. The number of hydrogen-bond acceptors (Lipinski definition) is 7. The van der Waals surface area contributed by atoms with Gasteiger partial charge in [0.2, 0.25) is 0 Å². The summed E-state index contributed by atoms with van der Waals surface area (Å²) >= 11 is 0. The first-order valence-electron chi connectivity index (χ1n) is 12.6. The summed E-state index contributed by atoms with van der Waals surface area (Å²) in [5.74, 6) is 3.02. The number of piperidine rings is 1. The van der Waals surface area contributed by atoms with Gasteiger partial charge in [0.15, 0.2) is 23.0 Å². The van der Waals surface area contributed by atoms with Crippen molar-refractivity contribution < 1.29 is 4.42 Å². The normalized spacial score (nSPS) is 18.7. The Bertz CT molecular complexity index is 1060. The molecule has 0 unspecified atom stereocenters. The van der Waals surface area contributed by atoms with E-state index in [9.17, 15) is 0 Å². The maximum atomic E-state index is 5.87. The third-order valence-corrected chi connectivity index (χ3v) is 7.10. The number of furan rings is 1. The second-order valence-corrected chi connectivity index (χ2v) is 9.87. The molecule has 0 radical (unpaired) electrons. The fraction of sp³-hybridized carbons (Fsp3) is 0.640. The van der Waals surface area contributed by atoms with Gasteiger partial charge in [0.05, 0.1) is 6.33 Å². The fourth-order valence-electron chi connectivity index (χ4n) is 5.10. The first-order valence-corrected chi connectivity index (χ1v) is 12.6. The number of rotatable bonds is 8. The van der Waals surface area contributed by atoms with Crippen molar-refractivity contribution in [3.8, 4) is 11.6 Å². The Labute approximate surface area is 196 Å². The predicted molar refractivity (Wildman–Crippen MR) is 131 cm³/mol. The quantitative estimate of drug-likeness (QED) is 0.551. The molecular weight excluding hydrogens is 414 g/mol. The SMILES string of the molecule is Cc1ccc(-c2nc(NC3CCN(C(C)C)CC3)c3ncn(CCCN4CCCC4)c3n2)o1. The molecular formula is C25H37N7O. The van der Waals surface area contributed by atoms with Crippen LogP contribution in [0.15, 0.2) is 22.9 Å². The highest BCUT2D eigenvalue weighted by Crippen LogP contribution is 2.27. The molecule has 1 N–H and O–H groups in total. The van der Waals surface area contributed by atoms with Crippen LogP contribution in [0.4, 0.5) is 5.82 Å². The summed E-state index contributed by atoms with van der Waals surface area (Å²) in [6.07, 6.45) is 7.90. The number of nitrogens with one attached hydrogen (secondary N) is 1. The molecule has 3 aromatic heterocycles. The van der Waals surface area contributed by atoms with Gasteiger partial charge >= 0.3 is 0 Å². The predicted octanol–water partition coefficient (Wildman–Crippen LogP) is 4.17. The van der Waals surface area contributed by atoms with E-state index in [2.05, 4.69) is 33.5 Å². The van der Waals surface area contributed by atoms with Gasteiger partial charge in [-0.25, -0.2) is 15.0 Å². The summed E-state index contributed by atoms with van der Waals surface area (Å²) in [5.41, 5.74) is 1.74. The van der Waals surface area contributed by atoms with E-state index in [1.54, 1.807) is 0 Å². The Hall–Kier alpha value is -2.45. The zero-order valence-corrected chi connectivity index (χ0v) is 20.3. The lowest BCUT2D eigenvalue weighted by Crippen LogP contribution is -2.42. The zero-order valence-electron chi connectivity index (χ0n) is 20.3. The van der Waals surface area contributed by atoms with Gasteiger partial charge < -0.3 is 24.1 Å². The molecule has 0 spiro atoms. The molecule has 2 aliphatic heterocycles. The van der Waals surface area contributed by atoms with Crippen molar-refractivity contribution in [3.05, 3.63) is 24.2 Å². The Morgan fingerprint density at radius 1 is 1.06 bits per heavy atom. The van der Waals surface area contributed by atoms with Crippen LogP contribution in [0.3, 0.4) is 0 Å². The van der Waals surface area contributed by atoms with Crippen LogP contribution < -0.4 is 5.32 Å². The topological polar surface area (TPSA) is 75.2 Å². The molecule has 2 fully saturated rings. The van der Waals surface area contributed by atoms with Gasteiger partial charge in [-0.05, 0) is 84.6 Å². The first kappa shape index (κ1) is 22.3. The standard InChI is InChI=1S/C25H37N7O/c1-18(2)31-15-9-20(10-16-31)27-24-22-25(29-23(28-24)21-8-7-19(3)33-21)32(17-26-22)14-6-13-30-11-4-5-12-30/h7-8,17-18,20H,4-6,9-16H2,1-3H3,(H,27,28,29). The second-order valence-electron chi connectivity index (χ2n) is 9.87. The van der Waals surface area contributed by atoms with Crippen molar-refractivity contribution in [3.63, 3.8) is 0 Å². The van der Waals surface area contributed by atoms with Gasteiger partial charge in [0.25, 0.3) is 0 Å². The molecule has 0 aromatic carbocycles. The maximum Gasteiger partial charge on any atom is 0.199 e. The largest absolute Gasteiger partial charge is 0.458 e. The summed E-state index contributed by atoms with van der Waals surface area (Å²) in [4.78, 5) is 19.6. The van der Waals surface area contributed by atoms with E-state index in [1.165, 1.54) is 25.9 Å². The number of hydrogen-bond donors (Lipinski definition) is 1. The lowest BCUT2D eigenvalue weighted by Gasteiger charge is -2.35. The van der Waals surface area contributed by atoms with E-state index in [4.69, 9.17) is 19.4 Å². The van der Waals surface area contributed by atoms with E-state index in [-0.39, 0.29) is 0 Å². The van der Waals surface area contributed by atoms with E-state index in [0.717, 1.165) is 68.2 Å². The first-order chi connectivity index (χ1) is 16.1. The van der Waals surface area contributed by atoms with Crippen LogP contribution in [-0.4, -0.2) is 74.1 Å². The van der Waals surface area contributed by atoms with Gasteiger partial charge in [-0.3, -0.25) is 0 Å². The van der Waals surface area contributed by atoms with Gasteiger partial charge in [-0.15, -0.1) is 0 Å². The molecule has 8 nitrogen and oxygen atoms in total. The molecule has 0 aliphatic carbocycles. The van der Waals surface area contributed by atoms with Crippen LogP contribution in [0.1, 0.15) is 51.7 Å². The maximum absolute atomic E-state index is 5.87. The van der Waals surface area contributed by atoms with Gasteiger partial charge in [0, 0.05) is 31.7 Å². The fourth-order valence-corrected chi connectivity index (χ4v) is 5.10. The van der Waals surface area contributed by atoms with Gasteiger partial charge in [0.1, 0.15) is 11.3 Å². The van der Waals surface area contributed by atoms with Crippen molar-refractivity contribution in [2.24, 2.45) is 0 Å². The molecule has 3 aromatic rings. The minimum absolute atomic E-state index is 0.393. The molecule has 33 heavy (non-hydrogen) atoms. The highest BCUT2D eigenvalue weighted by atomic mass is 16.3. The Balaban J connectivity index is 1.38. The molecule has 0 bridgehead atoms. The molecule has 5 rings (SSSR count). The molecule has 178 valence electrons. The van der Waals surface area contributed by atoms with E-state index >= 15 is 0 Å². The van der Waals surface area contributed by atoms with E-state index < -0.39 is 0 Å². The number of likely N-dealkylation sites (tertiary alicyclic amines) is 2. The van der Waals surface area contributed by atoms with Crippen LogP contribution in [-0.2, 0) is 6.54 Å². The second kappa shape index (κ2) is 9.81. The molecule has 8 heteroatoms. The van der Waals surface area contributed by atoms with Crippen molar-refractivity contribution in [1.82, 2.24) is 29.3 Å². The molecule has 0 saturated carbocycles. The third-order valence-electron chi connectivity index (χ3n) is 7.10. The Kier molecular flexibility index (Phi) is 6.64. The average Bonchev–Trinajstić information content (AvgIpc) is 3.56. The molecule has 2 aliphatic rings. The summed E-state index contributed by atoms with van der Waals surface area (Å²) in [6, 6.07) is 4.91. The van der Waals surface area contributed by atoms with Gasteiger partial charge in [-0.1, -0.05) is 0 Å². The molecule has 0 amide bonds. The van der Waals surface area contributed by atoms with Crippen molar-refractivity contribution >= 4 is 17.0 Å². The van der Waals surface area contributed by atoms with Crippen LogP contribution in [0.5, 0.6) is 0 Å². The third kappa shape index (κ3) is 5.06. The molecule has 2 saturated heterocycles. The highest BCUT2D eigenvalue weighted by Gasteiger charge is 2.23. The number of aryl methyl sites for hydroxylation is 2. The zero-order chi connectivity index (χ0) is 22.8. The lowest BCUT2D eigenvalue weighted by atomic mass is 10.0. The van der Waals surface area contributed by atoms with Crippen LogP contribution in [0, 0.1) is 6.92 Å². The number of aromatic nitrogens is 4. The Morgan fingerprint density at radius 2 is 1.85 bits per heavy atom. The van der Waals surface area contributed by atoms with Crippen molar-refractivity contribution in [2.75, 3.05) is 38.0 Å². The van der Waals surface area contributed by atoms with Crippen LogP contribution >= 0.6 is 0 Å². The minimum Gasteiger partial charge on any atom is -0.458 e. The summed E-state index contributed by atoms with van der Waals surface area (Å²) in [7, 11) is 0. The van der Waals surface area contributed by atoms with Gasteiger partial charge in [-0.2, -0.15) is 0 Å². The van der Waals surface area contributed by atoms with E-state index in [1.807, 2.05) is 25.4 Å². The van der Waals surface area contributed by atoms with Crippen molar-refractivity contribution in [1.29, 1.82) is 0 Å². The smallest absolute Gasteiger partial charge is 0.199 e. The monoisotopic (exact) mass is 451 g/mol. The van der Waals surface area contributed by atoms with Crippen LogP contribution in [0.2, 0.25) is 0 Å². The number of nitrogens with zero attached hydrogens (tertiary/aromatic N) is 6. The summed E-state index contributed by atoms with van der Waals surface area (Å²) < 4.78 is 8.05.